The van der Waals surface area contributed by atoms with E-state index in [0.29, 0.717) is 12.6 Å². The lowest BCUT2D eigenvalue weighted by Gasteiger charge is -2.56. The first-order chi connectivity index (χ1) is 11.6. The number of rotatable bonds is 7. The maximum atomic E-state index is 12.4. The largest absolute Gasteiger partial charge is 0.392 e. The SMILES string of the molecule is CCOC1CC(O)C12CCN(CC(=O)NC(C1CC1)C1CC1)CC2. The highest BCUT2D eigenvalue weighted by Crippen LogP contribution is 2.51. The molecule has 2 unspecified atom stereocenters. The van der Waals surface area contributed by atoms with Gasteiger partial charge in [-0.15, -0.1) is 0 Å². The third-order valence-electron chi connectivity index (χ3n) is 6.85. The van der Waals surface area contributed by atoms with Crippen LogP contribution in [0.2, 0.25) is 0 Å². The normalized spacial score (nSPS) is 32.8. The number of carbonyl (C=O) groups excluding carboxylic acids is 1. The van der Waals surface area contributed by atoms with E-state index in [0.717, 1.165) is 50.8 Å². The van der Waals surface area contributed by atoms with Crippen molar-refractivity contribution in [3.63, 3.8) is 0 Å². The summed E-state index contributed by atoms with van der Waals surface area (Å²) in [5, 5.41) is 13.6. The molecule has 1 spiro atoms. The number of aliphatic hydroxyl groups is 1. The van der Waals surface area contributed by atoms with Crippen LogP contribution < -0.4 is 5.32 Å². The van der Waals surface area contributed by atoms with E-state index in [1.54, 1.807) is 0 Å². The molecule has 3 aliphatic carbocycles. The van der Waals surface area contributed by atoms with Crippen molar-refractivity contribution in [3.05, 3.63) is 0 Å². The van der Waals surface area contributed by atoms with Crippen molar-refractivity contribution in [2.24, 2.45) is 17.3 Å². The zero-order valence-electron chi connectivity index (χ0n) is 14.9. The molecule has 3 saturated carbocycles. The van der Waals surface area contributed by atoms with Gasteiger partial charge in [0.2, 0.25) is 5.91 Å². The Balaban J connectivity index is 1.25. The van der Waals surface area contributed by atoms with Crippen LogP contribution in [0.5, 0.6) is 0 Å². The highest BCUT2D eigenvalue weighted by atomic mass is 16.5. The van der Waals surface area contributed by atoms with Gasteiger partial charge in [0, 0.05) is 24.5 Å². The van der Waals surface area contributed by atoms with Crippen molar-refractivity contribution in [1.82, 2.24) is 10.2 Å². The maximum absolute atomic E-state index is 12.4. The predicted molar refractivity (Wildman–Crippen MR) is 91.5 cm³/mol. The Hall–Kier alpha value is -0.650. The van der Waals surface area contributed by atoms with Crippen LogP contribution in [0.4, 0.5) is 0 Å². The lowest BCUT2D eigenvalue weighted by Crippen LogP contribution is -2.62. The third kappa shape index (κ3) is 3.23. The summed E-state index contributed by atoms with van der Waals surface area (Å²) >= 11 is 0. The molecule has 5 heteroatoms. The van der Waals surface area contributed by atoms with E-state index in [1.165, 1.54) is 25.7 Å². The predicted octanol–water partition coefficient (Wildman–Crippen LogP) is 1.54. The Labute approximate surface area is 145 Å². The average Bonchev–Trinajstić information content (AvgIpc) is 3.47. The molecular weight excluding hydrogens is 304 g/mol. The van der Waals surface area contributed by atoms with Crippen molar-refractivity contribution in [2.45, 2.75) is 70.1 Å². The highest BCUT2D eigenvalue weighted by Gasteiger charge is 2.56. The Morgan fingerprint density at radius 1 is 1.25 bits per heavy atom. The third-order valence-corrected chi connectivity index (χ3v) is 6.85. The lowest BCUT2D eigenvalue weighted by atomic mass is 9.58. The molecule has 1 saturated heterocycles. The number of aliphatic hydroxyl groups excluding tert-OH is 1. The Morgan fingerprint density at radius 2 is 1.88 bits per heavy atom. The number of likely N-dealkylation sites (tertiary alicyclic amines) is 1. The van der Waals surface area contributed by atoms with E-state index in [2.05, 4.69) is 10.2 Å². The number of carbonyl (C=O) groups is 1. The van der Waals surface area contributed by atoms with Gasteiger partial charge in [-0.2, -0.15) is 0 Å². The van der Waals surface area contributed by atoms with Gasteiger partial charge in [-0.3, -0.25) is 9.69 Å². The monoisotopic (exact) mass is 336 g/mol. The summed E-state index contributed by atoms with van der Waals surface area (Å²) < 4.78 is 5.82. The van der Waals surface area contributed by atoms with E-state index in [9.17, 15) is 9.90 Å². The van der Waals surface area contributed by atoms with Gasteiger partial charge in [0.1, 0.15) is 0 Å². The van der Waals surface area contributed by atoms with Gasteiger partial charge in [0.05, 0.1) is 18.8 Å². The number of ether oxygens (including phenoxy) is 1. The van der Waals surface area contributed by atoms with E-state index in [4.69, 9.17) is 4.74 Å². The fourth-order valence-electron chi connectivity index (χ4n) is 4.91. The molecule has 2 atom stereocenters. The average molecular weight is 336 g/mol. The van der Waals surface area contributed by atoms with Crippen LogP contribution >= 0.6 is 0 Å². The van der Waals surface area contributed by atoms with Crippen LogP contribution in [0.25, 0.3) is 0 Å². The lowest BCUT2D eigenvalue weighted by molar-refractivity contribution is -0.209. The zero-order valence-corrected chi connectivity index (χ0v) is 14.9. The van der Waals surface area contributed by atoms with Gasteiger partial charge in [0.25, 0.3) is 0 Å². The molecule has 0 radical (unpaired) electrons. The standard InChI is InChI=1S/C19H32N2O3/c1-2-24-16-11-15(22)19(16)7-9-21(10-8-19)12-17(23)20-18(13-3-4-13)14-5-6-14/h13-16,18,22H,2-12H2,1H3,(H,20,23). The van der Waals surface area contributed by atoms with Gasteiger partial charge in [0.15, 0.2) is 0 Å². The molecule has 4 rings (SSSR count). The van der Waals surface area contributed by atoms with E-state index in [-0.39, 0.29) is 23.5 Å². The molecule has 136 valence electrons. The summed E-state index contributed by atoms with van der Waals surface area (Å²) in [5.41, 5.74) is -0.0481. The second-order valence-electron chi connectivity index (χ2n) is 8.47. The summed E-state index contributed by atoms with van der Waals surface area (Å²) in [7, 11) is 0. The molecule has 2 N–H and O–H groups in total. The fraction of sp³-hybridized carbons (Fsp3) is 0.947. The summed E-state index contributed by atoms with van der Waals surface area (Å²) in [6.07, 6.45) is 7.84. The first kappa shape index (κ1) is 16.8. The molecule has 0 aromatic rings. The number of nitrogens with one attached hydrogen (secondary N) is 1. The van der Waals surface area contributed by atoms with Crippen LogP contribution in [0.1, 0.15) is 51.9 Å². The van der Waals surface area contributed by atoms with Crippen LogP contribution in [-0.2, 0) is 9.53 Å². The first-order valence-corrected chi connectivity index (χ1v) is 9.94. The first-order valence-electron chi connectivity index (χ1n) is 9.94. The van der Waals surface area contributed by atoms with Gasteiger partial charge in [-0.25, -0.2) is 0 Å². The van der Waals surface area contributed by atoms with Crippen molar-refractivity contribution in [2.75, 3.05) is 26.2 Å². The van der Waals surface area contributed by atoms with Gasteiger partial charge in [-0.05, 0) is 70.4 Å². The molecule has 0 aromatic carbocycles. The molecular formula is C19H32N2O3. The van der Waals surface area contributed by atoms with Crippen LogP contribution in [0, 0.1) is 17.3 Å². The number of amides is 1. The maximum Gasteiger partial charge on any atom is 0.234 e. The van der Waals surface area contributed by atoms with E-state index in [1.807, 2.05) is 6.92 Å². The number of hydrogen-bond acceptors (Lipinski definition) is 4. The second-order valence-corrected chi connectivity index (χ2v) is 8.47. The summed E-state index contributed by atoms with van der Waals surface area (Å²) in [6, 6.07) is 0.449. The van der Waals surface area contributed by atoms with Crippen molar-refractivity contribution < 1.29 is 14.6 Å². The summed E-state index contributed by atoms with van der Waals surface area (Å²) in [5.74, 6) is 1.71. The highest BCUT2D eigenvalue weighted by molar-refractivity contribution is 5.78. The molecule has 0 aromatic heterocycles. The molecule has 1 aliphatic heterocycles. The Bertz CT molecular complexity index is 453. The van der Waals surface area contributed by atoms with E-state index >= 15 is 0 Å². The molecule has 5 nitrogen and oxygen atoms in total. The van der Waals surface area contributed by atoms with Gasteiger partial charge < -0.3 is 15.2 Å². The Morgan fingerprint density at radius 3 is 2.38 bits per heavy atom. The van der Waals surface area contributed by atoms with Crippen molar-refractivity contribution >= 4 is 5.91 Å². The number of piperidine rings is 1. The number of nitrogens with zero attached hydrogens (tertiary/aromatic N) is 1. The van der Waals surface area contributed by atoms with Crippen LogP contribution in [-0.4, -0.2) is 60.4 Å². The van der Waals surface area contributed by atoms with Crippen molar-refractivity contribution in [1.29, 1.82) is 0 Å². The molecule has 24 heavy (non-hydrogen) atoms. The minimum absolute atomic E-state index is 0.0481. The minimum atomic E-state index is -0.223. The molecule has 4 aliphatic rings. The van der Waals surface area contributed by atoms with E-state index < -0.39 is 0 Å². The second kappa shape index (κ2) is 6.58. The minimum Gasteiger partial charge on any atom is -0.392 e. The van der Waals surface area contributed by atoms with Crippen LogP contribution in [0.3, 0.4) is 0 Å². The number of hydrogen-bond donors (Lipinski definition) is 2. The summed E-state index contributed by atoms with van der Waals surface area (Å²) in [6.45, 7) is 5.04. The molecule has 1 heterocycles. The zero-order chi connectivity index (χ0) is 16.7. The summed E-state index contributed by atoms with van der Waals surface area (Å²) in [4.78, 5) is 14.7. The molecule has 1 amide bonds. The molecule has 0 bridgehead atoms. The smallest absolute Gasteiger partial charge is 0.234 e. The Kier molecular flexibility index (Phi) is 4.61. The molecule has 4 fully saturated rings. The van der Waals surface area contributed by atoms with Crippen molar-refractivity contribution in [3.8, 4) is 0 Å². The fourth-order valence-corrected chi connectivity index (χ4v) is 4.91. The quantitative estimate of drug-likeness (QED) is 0.740. The van der Waals surface area contributed by atoms with Crippen LogP contribution in [0.15, 0.2) is 0 Å². The van der Waals surface area contributed by atoms with Gasteiger partial charge >= 0.3 is 0 Å². The van der Waals surface area contributed by atoms with Gasteiger partial charge in [-0.1, -0.05) is 0 Å². The topological polar surface area (TPSA) is 61.8 Å².